The maximum absolute atomic E-state index is 4.40. The van der Waals surface area contributed by atoms with Crippen LogP contribution in [0.2, 0.25) is 0 Å². The van der Waals surface area contributed by atoms with Gasteiger partial charge in [-0.1, -0.05) is 6.92 Å². The van der Waals surface area contributed by atoms with Gasteiger partial charge in [0.2, 0.25) is 0 Å². The van der Waals surface area contributed by atoms with Gasteiger partial charge in [-0.15, -0.1) is 11.3 Å². The first-order valence-electron chi connectivity index (χ1n) is 6.74. The Morgan fingerprint density at radius 1 is 1.53 bits per heavy atom. The SMILES string of the molecule is CCC(NCC1Cc2nc[nH]c2CN1)c1nccs1. The van der Waals surface area contributed by atoms with Crippen molar-refractivity contribution in [2.75, 3.05) is 6.54 Å². The van der Waals surface area contributed by atoms with Gasteiger partial charge in [-0.3, -0.25) is 0 Å². The summed E-state index contributed by atoms with van der Waals surface area (Å²) in [4.78, 5) is 11.9. The molecule has 0 bridgehead atoms. The molecule has 102 valence electrons. The highest BCUT2D eigenvalue weighted by Gasteiger charge is 2.21. The number of aromatic amines is 1. The number of thiazole rings is 1. The van der Waals surface area contributed by atoms with E-state index in [2.05, 4.69) is 32.5 Å². The van der Waals surface area contributed by atoms with Crippen molar-refractivity contribution in [3.05, 3.63) is 34.3 Å². The number of hydrogen-bond donors (Lipinski definition) is 3. The number of hydrogen-bond acceptors (Lipinski definition) is 5. The lowest BCUT2D eigenvalue weighted by atomic mass is 10.0. The summed E-state index contributed by atoms with van der Waals surface area (Å²) in [5, 5.41) is 10.4. The smallest absolute Gasteiger partial charge is 0.109 e. The molecular weight excluding hydrogens is 258 g/mol. The van der Waals surface area contributed by atoms with E-state index in [1.807, 2.05) is 11.6 Å². The molecule has 0 fully saturated rings. The Hall–Kier alpha value is -1.24. The number of H-pyrrole nitrogens is 1. The van der Waals surface area contributed by atoms with Crippen LogP contribution in [0.15, 0.2) is 17.9 Å². The van der Waals surface area contributed by atoms with E-state index in [4.69, 9.17) is 0 Å². The van der Waals surface area contributed by atoms with Gasteiger partial charge in [0.1, 0.15) is 5.01 Å². The zero-order valence-corrected chi connectivity index (χ0v) is 11.8. The van der Waals surface area contributed by atoms with Crippen LogP contribution < -0.4 is 10.6 Å². The van der Waals surface area contributed by atoms with Crippen LogP contribution in [-0.2, 0) is 13.0 Å². The van der Waals surface area contributed by atoms with Gasteiger partial charge in [-0.05, 0) is 6.42 Å². The van der Waals surface area contributed by atoms with E-state index < -0.39 is 0 Å². The van der Waals surface area contributed by atoms with Gasteiger partial charge in [0.05, 0.1) is 23.8 Å². The fourth-order valence-corrected chi connectivity index (χ4v) is 3.27. The lowest BCUT2D eigenvalue weighted by Gasteiger charge is -2.25. The van der Waals surface area contributed by atoms with E-state index in [0.717, 1.165) is 25.9 Å². The second-order valence-electron chi connectivity index (χ2n) is 4.85. The fourth-order valence-electron chi connectivity index (χ4n) is 2.47. The Kier molecular flexibility index (Phi) is 3.91. The molecule has 5 nitrogen and oxygen atoms in total. The van der Waals surface area contributed by atoms with Gasteiger partial charge in [0, 0.05) is 37.1 Å². The number of nitrogens with one attached hydrogen (secondary N) is 3. The molecule has 1 aliphatic rings. The van der Waals surface area contributed by atoms with Gasteiger partial charge in [0.15, 0.2) is 0 Å². The number of aromatic nitrogens is 3. The number of nitrogens with zero attached hydrogens (tertiary/aromatic N) is 2. The number of fused-ring (bicyclic) bond motifs is 1. The van der Waals surface area contributed by atoms with Gasteiger partial charge in [0.25, 0.3) is 0 Å². The molecule has 1 aliphatic heterocycles. The lowest BCUT2D eigenvalue weighted by molar-refractivity contribution is 0.407. The summed E-state index contributed by atoms with van der Waals surface area (Å²) in [5.41, 5.74) is 2.43. The van der Waals surface area contributed by atoms with Gasteiger partial charge in [-0.2, -0.15) is 0 Å². The van der Waals surface area contributed by atoms with E-state index in [1.54, 1.807) is 17.7 Å². The van der Waals surface area contributed by atoms with Gasteiger partial charge >= 0.3 is 0 Å². The molecule has 2 aromatic rings. The zero-order chi connectivity index (χ0) is 13.1. The second kappa shape index (κ2) is 5.81. The van der Waals surface area contributed by atoms with Crippen LogP contribution in [0.4, 0.5) is 0 Å². The minimum Gasteiger partial charge on any atom is -0.347 e. The summed E-state index contributed by atoms with van der Waals surface area (Å²) in [5.74, 6) is 0. The Morgan fingerprint density at radius 3 is 3.26 bits per heavy atom. The van der Waals surface area contributed by atoms with Gasteiger partial charge < -0.3 is 15.6 Å². The van der Waals surface area contributed by atoms with E-state index in [9.17, 15) is 0 Å². The van der Waals surface area contributed by atoms with Crippen LogP contribution in [0, 0.1) is 0 Å². The van der Waals surface area contributed by atoms with Crippen molar-refractivity contribution >= 4 is 11.3 Å². The van der Waals surface area contributed by atoms with Crippen molar-refractivity contribution in [2.45, 2.75) is 38.4 Å². The average Bonchev–Trinajstić information content (AvgIpc) is 3.10. The van der Waals surface area contributed by atoms with Crippen LogP contribution in [0.1, 0.15) is 35.8 Å². The maximum Gasteiger partial charge on any atom is 0.109 e. The van der Waals surface area contributed by atoms with Crippen molar-refractivity contribution in [3.8, 4) is 0 Å². The molecule has 0 aliphatic carbocycles. The Bertz CT molecular complexity index is 507. The van der Waals surface area contributed by atoms with Crippen molar-refractivity contribution in [2.24, 2.45) is 0 Å². The summed E-state index contributed by atoms with van der Waals surface area (Å²) in [6.07, 6.45) is 5.71. The third-order valence-electron chi connectivity index (χ3n) is 3.58. The first kappa shape index (κ1) is 12.8. The minimum absolute atomic E-state index is 0.363. The standard InChI is InChI=1S/C13H19N5S/c1-2-10(13-14-3-4-19-13)16-6-9-5-11-12(7-15-9)18-8-17-11/h3-4,8-10,15-16H,2,5-7H2,1H3,(H,17,18). The molecule has 0 spiro atoms. The molecule has 2 atom stereocenters. The van der Waals surface area contributed by atoms with E-state index in [0.29, 0.717) is 12.1 Å². The molecule has 19 heavy (non-hydrogen) atoms. The fraction of sp³-hybridized carbons (Fsp3) is 0.538. The highest BCUT2D eigenvalue weighted by molar-refractivity contribution is 7.09. The minimum atomic E-state index is 0.363. The normalized spacial score (nSPS) is 20.2. The molecular formula is C13H19N5S. The summed E-state index contributed by atoms with van der Waals surface area (Å²) in [7, 11) is 0. The predicted molar refractivity (Wildman–Crippen MR) is 76.1 cm³/mol. The predicted octanol–water partition coefficient (Wildman–Crippen LogP) is 1.62. The lowest BCUT2D eigenvalue weighted by Crippen LogP contribution is -2.43. The highest BCUT2D eigenvalue weighted by Crippen LogP contribution is 2.19. The Balaban J connectivity index is 1.55. The van der Waals surface area contributed by atoms with Crippen LogP contribution in [0.5, 0.6) is 0 Å². The molecule has 6 heteroatoms. The third kappa shape index (κ3) is 2.86. The summed E-state index contributed by atoms with van der Waals surface area (Å²) < 4.78 is 0. The van der Waals surface area contributed by atoms with Crippen molar-refractivity contribution in [1.29, 1.82) is 0 Å². The van der Waals surface area contributed by atoms with Crippen LogP contribution in [0.25, 0.3) is 0 Å². The largest absolute Gasteiger partial charge is 0.347 e. The van der Waals surface area contributed by atoms with Crippen molar-refractivity contribution in [1.82, 2.24) is 25.6 Å². The Morgan fingerprint density at radius 2 is 2.47 bits per heavy atom. The molecule has 2 aromatic heterocycles. The van der Waals surface area contributed by atoms with Gasteiger partial charge in [-0.25, -0.2) is 9.97 Å². The van der Waals surface area contributed by atoms with Crippen LogP contribution in [-0.4, -0.2) is 27.5 Å². The molecule has 2 unspecified atom stereocenters. The molecule has 0 amide bonds. The molecule has 0 saturated heterocycles. The summed E-state index contributed by atoms with van der Waals surface area (Å²) in [6.45, 7) is 4.03. The third-order valence-corrected chi connectivity index (χ3v) is 4.47. The zero-order valence-electron chi connectivity index (χ0n) is 11.0. The molecule has 3 heterocycles. The maximum atomic E-state index is 4.40. The molecule has 3 rings (SSSR count). The quantitative estimate of drug-likeness (QED) is 0.777. The average molecular weight is 277 g/mol. The molecule has 0 radical (unpaired) electrons. The Labute approximate surface area is 116 Å². The first-order valence-corrected chi connectivity index (χ1v) is 7.62. The first-order chi connectivity index (χ1) is 9.36. The molecule has 0 saturated carbocycles. The van der Waals surface area contributed by atoms with E-state index >= 15 is 0 Å². The summed E-state index contributed by atoms with van der Waals surface area (Å²) >= 11 is 1.72. The summed E-state index contributed by atoms with van der Waals surface area (Å²) in [6, 6.07) is 0.812. The molecule has 3 N–H and O–H groups in total. The number of imidazole rings is 1. The highest BCUT2D eigenvalue weighted by atomic mass is 32.1. The van der Waals surface area contributed by atoms with E-state index in [1.165, 1.54) is 16.4 Å². The van der Waals surface area contributed by atoms with Crippen LogP contribution in [0.3, 0.4) is 0 Å². The van der Waals surface area contributed by atoms with Crippen LogP contribution >= 0.6 is 11.3 Å². The van der Waals surface area contributed by atoms with E-state index in [-0.39, 0.29) is 0 Å². The van der Waals surface area contributed by atoms with Crippen molar-refractivity contribution < 1.29 is 0 Å². The second-order valence-corrected chi connectivity index (χ2v) is 5.78. The van der Waals surface area contributed by atoms with Crippen molar-refractivity contribution in [3.63, 3.8) is 0 Å². The molecule has 0 aromatic carbocycles. The topological polar surface area (TPSA) is 65.6 Å². The monoisotopic (exact) mass is 277 g/mol. The number of rotatable bonds is 5.